The zero-order valence-electron chi connectivity index (χ0n) is 10.9. The zero-order valence-corrected chi connectivity index (χ0v) is 10.9. The van der Waals surface area contributed by atoms with Crippen LogP contribution in [0.3, 0.4) is 0 Å². The van der Waals surface area contributed by atoms with Crippen molar-refractivity contribution in [1.29, 1.82) is 0 Å². The van der Waals surface area contributed by atoms with Crippen LogP contribution in [0.15, 0.2) is 24.3 Å². The maximum Gasteiger partial charge on any atom is 0.231 e. The van der Waals surface area contributed by atoms with Crippen LogP contribution >= 0.6 is 0 Å². The van der Waals surface area contributed by atoms with Crippen molar-refractivity contribution in [2.45, 2.75) is 19.5 Å². The summed E-state index contributed by atoms with van der Waals surface area (Å²) >= 11 is 0. The molecular weight excluding hydrogens is 230 g/mol. The van der Waals surface area contributed by atoms with Gasteiger partial charge in [-0.3, -0.25) is 9.69 Å². The number of amides is 1. The minimum absolute atomic E-state index is 0.125. The Kier molecular flexibility index (Phi) is 5.61. The number of nitrogen functional groups attached to an aromatic ring is 1. The lowest BCUT2D eigenvalue weighted by molar-refractivity contribution is -0.120. The molecule has 1 rings (SSSR count). The van der Waals surface area contributed by atoms with Gasteiger partial charge in [0.05, 0.1) is 13.2 Å². The molecule has 4 N–H and O–H groups in total. The summed E-state index contributed by atoms with van der Waals surface area (Å²) in [6.07, 6.45) is 0. The highest BCUT2D eigenvalue weighted by atomic mass is 16.5. The van der Waals surface area contributed by atoms with Gasteiger partial charge in [0.15, 0.2) is 0 Å². The van der Waals surface area contributed by atoms with Gasteiger partial charge in [-0.05, 0) is 24.6 Å². The average molecular weight is 251 g/mol. The van der Waals surface area contributed by atoms with Crippen molar-refractivity contribution in [2.75, 3.05) is 26.0 Å². The fourth-order valence-corrected chi connectivity index (χ4v) is 1.77. The summed E-state index contributed by atoms with van der Waals surface area (Å²) < 4.78 is 5.11. The average Bonchev–Trinajstić information content (AvgIpc) is 2.31. The zero-order chi connectivity index (χ0) is 13.5. The van der Waals surface area contributed by atoms with Gasteiger partial charge in [-0.25, -0.2) is 0 Å². The first-order valence-electron chi connectivity index (χ1n) is 5.88. The van der Waals surface area contributed by atoms with Gasteiger partial charge in [0.25, 0.3) is 0 Å². The normalized spacial score (nSPS) is 12.6. The molecule has 0 aliphatic rings. The predicted octanol–water partition coefficient (Wildman–Crippen LogP) is 0.591. The molecule has 5 heteroatoms. The van der Waals surface area contributed by atoms with E-state index in [0.717, 1.165) is 11.3 Å². The summed E-state index contributed by atoms with van der Waals surface area (Å²) in [5, 5.41) is 0. The summed E-state index contributed by atoms with van der Waals surface area (Å²) in [7, 11) is 1.64. The molecular formula is C13H21N3O2. The van der Waals surface area contributed by atoms with Crippen molar-refractivity contribution in [3.8, 4) is 0 Å². The van der Waals surface area contributed by atoms with Crippen LogP contribution in [0.2, 0.25) is 0 Å². The van der Waals surface area contributed by atoms with E-state index in [0.29, 0.717) is 13.2 Å². The smallest absolute Gasteiger partial charge is 0.231 e. The second-order valence-electron chi connectivity index (χ2n) is 4.42. The number of nitrogens with two attached hydrogens (primary N) is 2. The molecule has 0 aliphatic heterocycles. The Morgan fingerprint density at radius 1 is 1.39 bits per heavy atom. The van der Waals surface area contributed by atoms with E-state index in [1.807, 2.05) is 36.1 Å². The van der Waals surface area contributed by atoms with E-state index in [-0.39, 0.29) is 18.5 Å². The summed E-state index contributed by atoms with van der Waals surface area (Å²) in [5.74, 6) is -0.339. The monoisotopic (exact) mass is 251 g/mol. The number of carbonyl (C=O) groups excluding carboxylic acids is 1. The maximum atomic E-state index is 11.1. The molecule has 0 heterocycles. The highest BCUT2D eigenvalue weighted by Crippen LogP contribution is 2.11. The second kappa shape index (κ2) is 6.98. The van der Waals surface area contributed by atoms with Crippen LogP contribution < -0.4 is 11.5 Å². The fraction of sp³-hybridized carbons (Fsp3) is 0.462. The molecule has 0 fully saturated rings. The van der Waals surface area contributed by atoms with Crippen molar-refractivity contribution in [3.63, 3.8) is 0 Å². The first-order valence-corrected chi connectivity index (χ1v) is 5.88. The quantitative estimate of drug-likeness (QED) is 0.695. The Morgan fingerprint density at radius 2 is 2.00 bits per heavy atom. The highest BCUT2D eigenvalue weighted by molar-refractivity contribution is 5.75. The molecule has 0 saturated carbocycles. The van der Waals surface area contributed by atoms with Crippen molar-refractivity contribution in [1.82, 2.24) is 4.90 Å². The first-order chi connectivity index (χ1) is 8.52. The third-order valence-electron chi connectivity index (χ3n) is 2.76. The number of rotatable bonds is 7. The number of primary amides is 1. The van der Waals surface area contributed by atoms with Crippen molar-refractivity contribution in [2.24, 2.45) is 5.73 Å². The van der Waals surface area contributed by atoms with Crippen LogP contribution in [-0.4, -0.2) is 37.1 Å². The van der Waals surface area contributed by atoms with Crippen LogP contribution in [0.1, 0.15) is 12.5 Å². The fourth-order valence-electron chi connectivity index (χ4n) is 1.77. The van der Waals surface area contributed by atoms with Crippen LogP contribution in [0.25, 0.3) is 0 Å². The van der Waals surface area contributed by atoms with Crippen LogP contribution in [0.4, 0.5) is 5.69 Å². The number of carbonyl (C=O) groups is 1. The second-order valence-corrected chi connectivity index (χ2v) is 4.42. The van der Waals surface area contributed by atoms with E-state index in [9.17, 15) is 4.79 Å². The lowest BCUT2D eigenvalue weighted by atomic mass is 10.1. The minimum atomic E-state index is -0.339. The van der Waals surface area contributed by atoms with Gasteiger partial charge in [0.1, 0.15) is 0 Å². The number of hydrogen-bond donors (Lipinski definition) is 2. The summed E-state index contributed by atoms with van der Waals surface area (Å²) in [4.78, 5) is 13.1. The van der Waals surface area contributed by atoms with E-state index in [2.05, 4.69) is 0 Å². The molecule has 1 aromatic rings. The molecule has 0 aliphatic carbocycles. The van der Waals surface area contributed by atoms with E-state index >= 15 is 0 Å². The molecule has 1 atom stereocenters. The number of hydrogen-bond acceptors (Lipinski definition) is 4. The van der Waals surface area contributed by atoms with Gasteiger partial charge in [-0.1, -0.05) is 12.1 Å². The maximum absolute atomic E-state index is 11.1. The number of methoxy groups -OCH3 is 1. The molecule has 0 bridgehead atoms. The largest absolute Gasteiger partial charge is 0.399 e. The Labute approximate surface area is 108 Å². The first kappa shape index (κ1) is 14.5. The van der Waals surface area contributed by atoms with Gasteiger partial charge in [-0.2, -0.15) is 0 Å². The number of nitrogens with zero attached hydrogens (tertiary/aromatic N) is 1. The molecule has 0 saturated heterocycles. The van der Waals surface area contributed by atoms with Crippen LogP contribution in [0, 0.1) is 0 Å². The Balaban J connectivity index is 2.70. The van der Waals surface area contributed by atoms with Gasteiger partial charge >= 0.3 is 0 Å². The molecule has 0 aromatic heterocycles. The highest BCUT2D eigenvalue weighted by Gasteiger charge is 2.16. The Bertz CT molecular complexity index is 378. The van der Waals surface area contributed by atoms with Crippen molar-refractivity contribution >= 4 is 11.6 Å². The standard InChI is InChI=1S/C13H21N3O2/c1-10(9-18-2)16(8-13(15)17)7-11-3-5-12(14)6-4-11/h3-6,10H,7-9,14H2,1-2H3,(H2,15,17). The van der Waals surface area contributed by atoms with E-state index in [1.165, 1.54) is 0 Å². The predicted molar refractivity (Wildman–Crippen MR) is 71.8 cm³/mol. The number of ether oxygens (including phenoxy) is 1. The van der Waals surface area contributed by atoms with Gasteiger partial charge < -0.3 is 16.2 Å². The molecule has 18 heavy (non-hydrogen) atoms. The SMILES string of the molecule is COCC(C)N(CC(N)=O)Cc1ccc(N)cc1. The van der Waals surface area contributed by atoms with Crippen molar-refractivity contribution < 1.29 is 9.53 Å². The Hall–Kier alpha value is -1.59. The molecule has 0 spiro atoms. The number of benzene rings is 1. The summed E-state index contributed by atoms with van der Waals surface area (Å²) in [6.45, 7) is 3.43. The van der Waals surface area contributed by atoms with E-state index in [4.69, 9.17) is 16.2 Å². The lowest BCUT2D eigenvalue weighted by Gasteiger charge is -2.27. The van der Waals surface area contributed by atoms with Crippen LogP contribution in [0.5, 0.6) is 0 Å². The van der Waals surface area contributed by atoms with E-state index < -0.39 is 0 Å². The Morgan fingerprint density at radius 3 is 2.50 bits per heavy atom. The van der Waals surface area contributed by atoms with Crippen molar-refractivity contribution in [3.05, 3.63) is 29.8 Å². The summed E-state index contributed by atoms with van der Waals surface area (Å²) in [5.41, 5.74) is 12.7. The molecule has 1 unspecified atom stereocenters. The molecule has 100 valence electrons. The van der Waals surface area contributed by atoms with Gasteiger partial charge in [0.2, 0.25) is 5.91 Å². The third-order valence-corrected chi connectivity index (χ3v) is 2.76. The minimum Gasteiger partial charge on any atom is -0.399 e. The lowest BCUT2D eigenvalue weighted by Crippen LogP contribution is -2.41. The number of anilines is 1. The summed E-state index contributed by atoms with van der Waals surface area (Å²) in [6, 6.07) is 7.71. The third kappa shape index (κ3) is 4.73. The molecule has 1 aromatic carbocycles. The van der Waals surface area contributed by atoms with Crippen LogP contribution in [-0.2, 0) is 16.1 Å². The van der Waals surface area contributed by atoms with Gasteiger partial charge in [-0.15, -0.1) is 0 Å². The van der Waals surface area contributed by atoms with E-state index in [1.54, 1.807) is 7.11 Å². The molecule has 5 nitrogen and oxygen atoms in total. The topological polar surface area (TPSA) is 81.6 Å². The van der Waals surface area contributed by atoms with Gasteiger partial charge in [0, 0.05) is 25.4 Å². The molecule has 0 radical (unpaired) electrons. The molecule has 1 amide bonds.